The average Bonchev–Trinajstić information content (AvgIpc) is 1.69. The molecule has 0 amide bonds. The number of thiol groups is 2. The Balaban J connectivity index is 3.52. The lowest BCUT2D eigenvalue weighted by molar-refractivity contribution is -0.111. The zero-order chi connectivity index (χ0) is 6.57. The highest BCUT2D eigenvalue weighted by atomic mass is 32.1. The van der Waals surface area contributed by atoms with Crippen LogP contribution >= 0.6 is 25.3 Å². The van der Waals surface area contributed by atoms with Gasteiger partial charge in [-0.05, 0) is 0 Å². The Kier molecular flexibility index (Phi) is 4.50. The quantitative estimate of drug-likeness (QED) is 0.368. The molecule has 0 spiro atoms. The van der Waals surface area contributed by atoms with Crippen molar-refractivity contribution in [2.45, 2.75) is 6.04 Å². The fraction of sp³-hybridized carbons (Fsp3) is 0.667. The van der Waals surface area contributed by atoms with E-state index in [0.717, 1.165) is 0 Å². The molecule has 0 fully saturated rings. The lowest BCUT2D eigenvalue weighted by Gasteiger charge is -2.06. The van der Waals surface area contributed by atoms with Gasteiger partial charge in [0.1, 0.15) is 0 Å². The van der Waals surface area contributed by atoms with Gasteiger partial charge < -0.3 is 5.23 Å². The molecule has 0 bridgehead atoms. The van der Waals surface area contributed by atoms with Gasteiger partial charge in [-0.1, -0.05) is 0 Å². The van der Waals surface area contributed by atoms with Crippen molar-refractivity contribution in [1.82, 2.24) is 5.23 Å². The largest absolute Gasteiger partial charge is 0.356 e. The molecule has 0 unspecified atom stereocenters. The minimum absolute atomic E-state index is 0.289. The molecule has 0 rings (SSSR count). The van der Waals surface area contributed by atoms with Gasteiger partial charge in [-0.25, -0.2) is 0 Å². The Morgan fingerprint density at radius 2 is 2.38 bits per heavy atom. The van der Waals surface area contributed by atoms with E-state index in [4.69, 9.17) is 7.98 Å². The van der Waals surface area contributed by atoms with Crippen LogP contribution in [0.25, 0.3) is 0 Å². The average molecular weight is 147 g/mol. The van der Waals surface area contributed by atoms with Crippen LogP contribution in [0, 0.1) is 0 Å². The molecule has 0 aromatic heterocycles. The molecule has 0 aromatic rings. The van der Waals surface area contributed by atoms with Crippen LogP contribution in [-0.2, 0) is 4.79 Å². The second-order valence-electron chi connectivity index (χ2n) is 1.24. The van der Waals surface area contributed by atoms with Crippen LogP contribution in [0.4, 0.5) is 0 Å². The van der Waals surface area contributed by atoms with Gasteiger partial charge in [-0.2, -0.15) is 12.6 Å². The summed E-state index contributed by atoms with van der Waals surface area (Å²) in [5.74, 6) is 0.374. The predicted molar refractivity (Wildman–Crippen MR) is 40.5 cm³/mol. The molecule has 44 valence electrons. The smallest absolute Gasteiger partial charge is 0.202 e. The first-order chi connectivity index (χ1) is 3.72. The maximum Gasteiger partial charge on any atom is 0.202 e. The number of rotatable bonds is 3. The molecule has 5 heteroatoms. The normalized spacial score (nSPS) is 13.2. The summed E-state index contributed by atoms with van der Waals surface area (Å²) in [5, 5.41) is 1.96. The minimum atomic E-state index is -0.429. The highest BCUT2D eigenvalue weighted by Gasteiger charge is 2.07. The minimum Gasteiger partial charge on any atom is -0.356 e. The monoisotopic (exact) mass is 147 g/mol. The third kappa shape index (κ3) is 2.64. The molecule has 0 aliphatic heterocycles. The number of hydrogen-bond acceptors (Lipinski definition) is 3. The van der Waals surface area contributed by atoms with Crippen molar-refractivity contribution in [3.63, 3.8) is 0 Å². The number of nitrogens with one attached hydrogen (secondary N) is 1. The van der Waals surface area contributed by atoms with Crippen molar-refractivity contribution in [1.29, 1.82) is 0 Å². The van der Waals surface area contributed by atoms with Crippen molar-refractivity contribution >= 4 is 38.4 Å². The topological polar surface area (TPSA) is 29.1 Å². The molecule has 1 atom stereocenters. The molecule has 8 heavy (non-hydrogen) atoms. The highest BCUT2D eigenvalue weighted by Crippen LogP contribution is 1.90. The van der Waals surface area contributed by atoms with Gasteiger partial charge in [0.15, 0.2) is 7.98 Å². The van der Waals surface area contributed by atoms with E-state index in [1.807, 2.05) is 0 Å². The lowest BCUT2D eigenvalue weighted by Crippen LogP contribution is -2.33. The molecule has 2 radical (unpaired) electrons. The zero-order valence-corrected chi connectivity index (χ0v) is 5.95. The molecule has 0 heterocycles. The molecule has 0 aliphatic carbocycles. The number of carbonyl (C=O) groups is 1. The number of carbonyl (C=O) groups excluding carboxylic acids is 1. The van der Waals surface area contributed by atoms with E-state index in [2.05, 4.69) is 30.5 Å². The van der Waals surface area contributed by atoms with Crippen molar-refractivity contribution in [2.75, 3.05) is 5.75 Å². The van der Waals surface area contributed by atoms with Crippen LogP contribution in [0.5, 0.6) is 0 Å². The Morgan fingerprint density at radius 3 is 2.38 bits per heavy atom. The standard InChI is InChI=1S/C3H6BNOS2/c4-5-2(1-7)3(6)8/h2,5,7H,1H2,(H,6,8)/t2-/m0/s1. The molecule has 0 saturated carbocycles. The van der Waals surface area contributed by atoms with Gasteiger partial charge in [-0.15, -0.1) is 12.6 Å². The molecule has 2 nitrogen and oxygen atoms in total. The van der Waals surface area contributed by atoms with E-state index in [-0.39, 0.29) is 5.12 Å². The maximum absolute atomic E-state index is 10.3. The Morgan fingerprint density at radius 1 is 1.88 bits per heavy atom. The summed E-state index contributed by atoms with van der Waals surface area (Å²) in [4.78, 5) is 10.3. The van der Waals surface area contributed by atoms with E-state index in [1.54, 1.807) is 0 Å². The number of hydrogen-bond donors (Lipinski definition) is 3. The predicted octanol–water partition coefficient (Wildman–Crippen LogP) is -0.586. The molecule has 0 saturated heterocycles. The van der Waals surface area contributed by atoms with Crippen molar-refractivity contribution in [2.24, 2.45) is 0 Å². The third-order valence-electron chi connectivity index (χ3n) is 0.682. The van der Waals surface area contributed by atoms with E-state index >= 15 is 0 Å². The first-order valence-corrected chi connectivity index (χ1v) is 3.10. The fourth-order valence-corrected chi connectivity index (χ4v) is 0.783. The van der Waals surface area contributed by atoms with E-state index in [9.17, 15) is 4.79 Å². The van der Waals surface area contributed by atoms with Crippen molar-refractivity contribution in [3.8, 4) is 0 Å². The summed E-state index contributed by atoms with van der Waals surface area (Å²) in [6, 6.07) is -0.429. The first-order valence-electron chi connectivity index (χ1n) is 2.02. The molecule has 1 N–H and O–H groups in total. The second-order valence-corrected chi connectivity index (χ2v) is 2.05. The van der Waals surface area contributed by atoms with Crippen LogP contribution in [0.2, 0.25) is 0 Å². The molecular weight excluding hydrogens is 141 g/mol. The van der Waals surface area contributed by atoms with Crippen LogP contribution < -0.4 is 5.23 Å². The summed E-state index contributed by atoms with van der Waals surface area (Å²) in [6.07, 6.45) is 0. The summed E-state index contributed by atoms with van der Waals surface area (Å²) < 4.78 is 0. The van der Waals surface area contributed by atoms with Crippen molar-refractivity contribution in [3.05, 3.63) is 0 Å². The van der Waals surface area contributed by atoms with Gasteiger partial charge in [-0.3, -0.25) is 4.79 Å². The summed E-state index contributed by atoms with van der Waals surface area (Å²) >= 11 is 7.35. The highest BCUT2D eigenvalue weighted by molar-refractivity contribution is 7.96. The zero-order valence-electron chi connectivity index (χ0n) is 4.16. The second kappa shape index (κ2) is 4.29. The molecule has 0 aliphatic rings. The van der Waals surface area contributed by atoms with Crippen LogP contribution in [-0.4, -0.2) is 24.9 Å². The first kappa shape index (κ1) is 8.39. The molecular formula is C3H6BNOS2. The Hall–Kier alpha value is 0.395. The Labute approximate surface area is 60.7 Å². The summed E-state index contributed by atoms with van der Waals surface area (Å²) in [5.41, 5.74) is 0. The van der Waals surface area contributed by atoms with E-state index < -0.39 is 6.04 Å². The van der Waals surface area contributed by atoms with Gasteiger partial charge in [0, 0.05) is 5.75 Å². The SMILES string of the molecule is [B]N[C@@H](CS)C(=O)S. The Bertz CT molecular complexity index is 85.4. The summed E-state index contributed by atoms with van der Waals surface area (Å²) in [6.45, 7) is 0. The van der Waals surface area contributed by atoms with Crippen LogP contribution in [0.15, 0.2) is 0 Å². The summed E-state index contributed by atoms with van der Waals surface area (Å²) in [7, 11) is 4.92. The van der Waals surface area contributed by atoms with E-state index in [1.165, 1.54) is 0 Å². The maximum atomic E-state index is 10.3. The van der Waals surface area contributed by atoms with Gasteiger partial charge >= 0.3 is 0 Å². The van der Waals surface area contributed by atoms with Gasteiger partial charge in [0.2, 0.25) is 5.12 Å². The van der Waals surface area contributed by atoms with Crippen LogP contribution in [0.3, 0.4) is 0 Å². The van der Waals surface area contributed by atoms with Crippen LogP contribution in [0.1, 0.15) is 0 Å². The van der Waals surface area contributed by atoms with E-state index in [0.29, 0.717) is 5.75 Å². The van der Waals surface area contributed by atoms with Crippen molar-refractivity contribution < 1.29 is 4.79 Å². The third-order valence-corrected chi connectivity index (χ3v) is 1.36. The van der Waals surface area contributed by atoms with Gasteiger partial charge in [0.25, 0.3) is 0 Å². The molecule has 0 aromatic carbocycles. The fourth-order valence-electron chi connectivity index (χ4n) is 0.202. The lowest BCUT2D eigenvalue weighted by atomic mass is 10.3. The van der Waals surface area contributed by atoms with Gasteiger partial charge in [0.05, 0.1) is 6.04 Å².